The second-order valence-electron chi connectivity index (χ2n) is 6.26. The summed E-state index contributed by atoms with van der Waals surface area (Å²) in [7, 11) is 0. The Kier molecular flexibility index (Phi) is 7.72. The zero-order valence-electron chi connectivity index (χ0n) is 13.4. The summed E-state index contributed by atoms with van der Waals surface area (Å²) in [5.74, 6) is -0.361. The number of hydrogen-bond donors (Lipinski definition) is 2. The summed E-state index contributed by atoms with van der Waals surface area (Å²) in [5, 5.41) is 9.36. The molecule has 1 fully saturated rings. The van der Waals surface area contributed by atoms with Gasteiger partial charge in [-0.2, -0.15) is 0 Å². The molecule has 21 heavy (non-hydrogen) atoms. The third-order valence-corrected chi connectivity index (χ3v) is 4.54. The lowest BCUT2D eigenvalue weighted by molar-refractivity contribution is -0.154. The van der Waals surface area contributed by atoms with Crippen molar-refractivity contribution in [3.8, 4) is 0 Å². The fourth-order valence-corrected chi connectivity index (χ4v) is 3.39. The van der Waals surface area contributed by atoms with Gasteiger partial charge in [0.15, 0.2) is 0 Å². The number of likely N-dealkylation sites (tertiary alicyclic amines) is 1. The van der Waals surface area contributed by atoms with Crippen LogP contribution in [0.1, 0.15) is 58.8 Å². The first-order chi connectivity index (χ1) is 10.0. The first-order valence-corrected chi connectivity index (χ1v) is 8.23. The number of carboxylic acids is 1. The van der Waals surface area contributed by atoms with Gasteiger partial charge in [-0.1, -0.05) is 26.7 Å². The van der Waals surface area contributed by atoms with Gasteiger partial charge >= 0.3 is 5.97 Å². The van der Waals surface area contributed by atoms with E-state index in [2.05, 4.69) is 6.92 Å². The molecule has 1 aliphatic rings. The molecular formula is C16H30N2O3. The van der Waals surface area contributed by atoms with Crippen molar-refractivity contribution in [2.45, 2.75) is 64.8 Å². The van der Waals surface area contributed by atoms with E-state index in [1.54, 1.807) is 4.90 Å². The summed E-state index contributed by atoms with van der Waals surface area (Å²) < 4.78 is 0. The summed E-state index contributed by atoms with van der Waals surface area (Å²) in [6, 6.07) is -0.648. The van der Waals surface area contributed by atoms with Crippen molar-refractivity contribution in [2.75, 3.05) is 13.1 Å². The van der Waals surface area contributed by atoms with Crippen LogP contribution in [-0.2, 0) is 9.59 Å². The number of carboxylic acid groups (broad SMARTS) is 1. The van der Waals surface area contributed by atoms with Gasteiger partial charge in [0.05, 0.1) is 0 Å². The van der Waals surface area contributed by atoms with Crippen LogP contribution in [0.15, 0.2) is 0 Å². The highest BCUT2D eigenvalue weighted by molar-refractivity contribution is 5.84. The number of carbonyl (C=O) groups is 2. The molecule has 3 unspecified atom stereocenters. The fraction of sp³-hybridized carbons (Fsp3) is 0.875. The molecule has 5 heteroatoms. The van der Waals surface area contributed by atoms with Crippen LogP contribution in [-0.4, -0.2) is 41.0 Å². The van der Waals surface area contributed by atoms with E-state index in [9.17, 15) is 14.7 Å². The summed E-state index contributed by atoms with van der Waals surface area (Å²) in [6.45, 7) is 5.29. The van der Waals surface area contributed by atoms with Crippen LogP contribution in [0.4, 0.5) is 0 Å². The summed E-state index contributed by atoms with van der Waals surface area (Å²) >= 11 is 0. The van der Waals surface area contributed by atoms with E-state index in [1.165, 1.54) is 0 Å². The molecule has 0 aromatic carbocycles. The third-order valence-electron chi connectivity index (χ3n) is 4.54. The first kappa shape index (κ1) is 18.0. The lowest BCUT2D eigenvalue weighted by atomic mass is 9.89. The van der Waals surface area contributed by atoms with Crippen LogP contribution < -0.4 is 5.73 Å². The van der Waals surface area contributed by atoms with Gasteiger partial charge in [0, 0.05) is 13.0 Å². The van der Waals surface area contributed by atoms with Crippen LogP contribution in [0.25, 0.3) is 0 Å². The van der Waals surface area contributed by atoms with Crippen molar-refractivity contribution in [1.29, 1.82) is 0 Å². The standard InChI is InChI=1S/C16H30N2O3/c1-3-5-13(9-10-17)7-8-14(19)18-11-4-6-12(2)15(18)16(20)21/h12-13,15H,3-11,17H2,1-2H3,(H,20,21). The number of carbonyl (C=O) groups excluding carboxylic acids is 1. The summed E-state index contributed by atoms with van der Waals surface area (Å²) in [6.07, 6.45) is 6.17. The van der Waals surface area contributed by atoms with Crippen LogP contribution >= 0.6 is 0 Å². The molecule has 1 rings (SSSR count). The number of amides is 1. The van der Waals surface area contributed by atoms with Crippen molar-refractivity contribution in [3.63, 3.8) is 0 Å². The van der Waals surface area contributed by atoms with E-state index in [-0.39, 0.29) is 11.8 Å². The van der Waals surface area contributed by atoms with Crippen LogP contribution in [0.3, 0.4) is 0 Å². The van der Waals surface area contributed by atoms with Gasteiger partial charge in [0.25, 0.3) is 0 Å². The Balaban J connectivity index is 2.57. The van der Waals surface area contributed by atoms with Crippen molar-refractivity contribution in [3.05, 3.63) is 0 Å². The Morgan fingerprint density at radius 1 is 1.33 bits per heavy atom. The number of hydrogen-bond acceptors (Lipinski definition) is 3. The molecule has 0 spiro atoms. The largest absolute Gasteiger partial charge is 0.480 e. The number of nitrogens with zero attached hydrogens (tertiary/aromatic N) is 1. The van der Waals surface area contributed by atoms with Gasteiger partial charge < -0.3 is 15.7 Å². The van der Waals surface area contributed by atoms with Crippen LogP contribution in [0.5, 0.6) is 0 Å². The first-order valence-electron chi connectivity index (χ1n) is 8.23. The summed E-state index contributed by atoms with van der Waals surface area (Å²) in [4.78, 5) is 25.4. The zero-order valence-corrected chi connectivity index (χ0v) is 13.4. The predicted molar refractivity (Wildman–Crippen MR) is 82.8 cm³/mol. The highest BCUT2D eigenvalue weighted by Gasteiger charge is 2.36. The highest BCUT2D eigenvalue weighted by Crippen LogP contribution is 2.25. The maximum absolute atomic E-state index is 12.4. The molecule has 3 N–H and O–H groups in total. The Labute approximate surface area is 127 Å². The maximum atomic E-state index is 12.4. The molecule has 1 amide bonds. The Hall–Kier alpha value is -1.10. The average Bonchev–Trinajstić information content (AvgIpc) is 2.44. The minimum atomic E-state index is -0.873. The Bertz CT molecular complexity index is 340. The minimum Gasteiger partial charge on any atom is -0.480 e. The van der Waals surface area contributed by atoms with Crippen molar-refractivity contribution in [2.24, 2.45) is 17.6 Å². The Morgan fingerprint density at radius 2 is 2.05 bits per heavy atom. The van der Waals surface area contributed by atoms with E-state index < -0.39 is 12.0 Å². The topological polar surface area (TPSA) is 83.6 Å². The summed E-state index contributed by atoms with van der Waals surface area (Å²) in [5.41, 5.74) is 5.62. The van der Waals surface area contributed by atoms with E-state index >= 15 is 0 Å². The molecule has 0 aliphatic carbocycles. The molecule has 0 aromatic rings. The third kappa shape index (κ3) is 5.30. The average molecular weight is 298 g/mol. The predicted octanol–water partition coefficient (Wildman–Crippen LogP) is 2.24. The van der Waals surface area contributed by atoms with Gasteiger partial charge in [-0.3, -0.25) is 4.79 Å². The van der Waals surface area contributed by atoms with Crippen LogP contribution in [0, 0.1) is 11.8 Å². The van der Waals surface area contributed by atoms with Gasteiger partial charge in [-0.05, 0) is 44.1 Å². The smallest absolute Gasteiger partial charge is 0.326 e. The molecule has 0 saturated carbocycles. The molecule has 1 heterocycles. The molecule has 3 atom stereocenters. The second-order valence-corrected chi connectivity index (χ2v) is 6.26. The molecule has 0 bridgehead atoms. The van der Waals surface area contributed by atoms with Crippen molar-refractivity contribution in [1.82, 2.24) is 4.90 Å². The number of nitrogens with two attached hydrogens (primary N) is 1. The minimum absolute atomic E-state index is 0.00734. The lowest BCUT2D eigenvalue weighted by Crippen LogP contribution is -2.51. The molecule has 0 aromatic heterocycles. The molecular weight excluding hydrogens is 268 g/mol. The van der Waals surface area contributed by atoms with Gasteiger partial charge in [0.1, 0.15) is 6.04 Å². The normalized spacial score (nSPS) is 23.9. The van der Waals surface area contributed by atoms with Gasteiger partial charge in [0.2, 0.25) is 5.91 Å². The molecule has 0 radical (unpaired) electrons. The SMILES string of the molecule is CCCC(CCN)CCC(=O)N1CCCC(C)C1C(=O)O. The van der Waals surface area contributed by atoms with Gasteiger partial charge in [-0.15, -0.1) is 0 Å². The van der Waals surface area contributed by atoms with Crippen LogP contribution in [0.2, 0.25) is 0 Å². The van der Waals surface area contributed by atoms with E-state index in [0.29, 0.717) is 25.4 Å². The molecule has 5 nitrogen and oxygen atoms in total. The van der Waals surface area contributed by atoms with E-state index in [1.807, 2.05) is 6.92 Å². The number of piperidine rings is 1. The van der Waals surface area contributed by atoms with Crippen molar-refractivity contribution >= 4 is 11.9 Å². The van der Waals surface area contributed by atoms with E-state index in [4.69, 9.17) is 5.73 Å². The maximum Gasteiger partial charge on any atom is 0.326 e. The monoisotopic (exact) mass is 298 g/mol. The van der Waals surface area contributed by atoms with Crippen molar-refractivity contribution < 1.29 is 14.7 Å². The lowest BCUT2D eigenvalue weighted by Gasteiger charge is -2.37. The fourth-order valence-electron chi connectivity index (χ4n) is 3.39. The second kappa shape index (κ2) is 9.03. The zero-order chi connectivity index (χ0) is 15.8. The number of aliphatic carboxylic acids is 1. The van der Waals surface area contributed by atoms with E-state index in [0.717, 1.165) is 38.5 Å². The van der Waals surface area contributed by atoms with Gasteiger partial charge in [-0.25, -0.2) is 4.79 Å². The molecule has 122 valence electrons. The molecule has 1 saturated heterocycles. The molecule has 1 aliphatic heterocycles. The highest BCUT2D eigenvalue weighted by atomic mass is 16.4. The number of rotatable bonds is 8. The quantitative estimate of drug-likeness (QED) is 0.720. The Morgan fingerprint density at radius 3 is 2.62 bits per heavy atom.